The van der Waals surface area contributed by atoms with Gasteiger partial charge in [-0.3, -0.25) is 19.3 Å². The third kappa shape index (κ3) is 11.5. The number of nitrogens with zero attached hydrogens (tertiary/aromatic N) is 1. The van der Waals surface area contributed by atoms with Crippen molar-refractivity contribution in [1.82, 2.24) is 4.90 Å². The Bertz CT molecular complexity index is 2920. The molecule has 4 fully saturated rings. The predicted octanol–water partition coefficient (Wildman–Crippen LogP) is 9.43. The highest BCUT2D eigenvalue weighted by atomic mass is 35.6. The first kappa shape index (κ1) is 60.1. The SMILES string of the molecule is CC(=O)O[C@H]1C(=O)[C@]2(C)[C@@H](OC(=O)OCC(Cl)(Cl)Cl)C[C@H]3OC[C@@]3(OC(C)=O)[C@H]2[C@H](OC(=O)c2ccccc2)[C@]2(O)C[C@H](OC(=O)[C@@H]3OC(C)(C)N(C(=O)OC(C)(C)C)C3c3ccc(OCc4ccccc4)cc3)C(C)=C1C2(C)C. The lowest BCUT2D eigenvalue weighted by molar-refractivity contribution is -0.346. The number of alkyl halides is 3. The van der Waals surface area contributed by atoms with Crippen LogP contribution in [0.3, 0.4) is 0 Å². The van der Waals surface area contributed by atoms with Gasteiger partial charge in [-0.25, -0.2) is 19.2 Å². The standard InChI is InChI=1S/C58H66Cl3NO18/c1-31-38(75-49(67)44-42(62(54(9,10)79-44)50(68)80-52(4,5)6)35-22-24-37(25-23-35)71-28-34-18-14-12-15-19-34)27-57(70)47(77-48(66)36-20-16-13-17-21-36)45-55(11,46(65)43(74-32(2)63)41(31)53(57,7)8)39(76-51(69)73-30-58(59,60)61)26-40-56(45,29-72-40)78-33(3)64/h12-25,38-40,42-45,47,70H,26-30H2,1-11H3/t38-,39-,40+,42?,43+,44+,45-,47-,55+,56-,57+/m0/s1. The number of esters is 4. The van der Waals surface area contributed by atoms with E-state index in [2.05, 4.69) is 0 Å². The number of hydrogen-bond acceptors (Lipinski definition) is 18. The Morgan fingerprint density at radius 1 is 0.812 bits per heavy atom. The van der Waals surface area contributed by atoms with Crippen LogP contribution in [0.1, 0.15) is 117 Å². The zero-order chi connectivity index (χ0) is 58.7. The van der Waals surface area contributed by atoms with Crippen molar-refractivity contribution in [2.45, 2.75) is 165 Å². The van der Waals surface area contributed by atoms with Crippen molar-refractivity contribution in [2.75, 3.05) is 13.2 Å². The van der Waals surface area contributed by atoms with Gasteiger partial charge in [0, 0.05) is 32.1 Å². The predicted molar refractivity (Wildman–Crippen MR) is 286 cm³/mol. The second-order valence-corrected chi connectivity index (χ2v) is 25.6. The number of ketones is 1. The van der Waals surface area contributed by atoms with Crippen LogP contribution in [0.15, 0.2) is 96.1 Å². The van der Waals surface area contributed by atoms with Crippen molar-refractivity contribution < 1.29 is 86.0 Å². The Morgan fingerprint density at radius 3 is 2.00 bits per heavy atom. The zero-order valence-corrected chi connectivity index (χ0v) is 48.5. The van der Waals surface area contributed by atoms with E-state index in [4.69, 9.17) is 82.2 Å². The number of hydrogen-bond donors (Lipinski definition) is 1. The number of amides is 1. The second-order valence-electron chi connectivity index (χ2n) is 23.0. The maximum absolute atomic E-state index is 16.3. The summed E-state index contributed by atoms with van der Waals surface area (Å²) in [6.45, 7) is 15.4. The maximum atomic E-state index is 16.3. The van der Waals surface area contributed by atoms with E-state index in [1.54, 1.807) is 90.9 Å². The van der Waals surface area contributed by atoms with Gasteiger partial charge >= 0.3 is 36.1 Å². The fourth-order valence-electron chi connectivity index (χ4n) is 12.2. The normalized spacial score (nSPS) is 30.4. The molecule has 0 aromatic heterocycles. The zero-order valence-electron chi connectivity index (χ0n) is 46.2. The van der Waals surface area contributed by atoms with Crippen LogP contribution < -0.4 is 4.74 Å². The van der Waals surface area contributed by atoms with E-state index in [-0.39, 0.29) is 29.7 Å². The summed E-state index contributed by atoms with van der Waals surface area (Å²) >= 11 is 17.7. The van der Waals surface area contributed by atoms with Gasteiger partial charge in [-0.2, -0.15) is 0 Å². The Kier molecular flexibility index (Phi) is 16.6. The van der Waals surface area contributed by atoms with Gasteiger partial charge in [0.15, 0.2) is 23.6 Å². The molecule has 3 aromatic rings. The molecule has 0 spiro atoms. The molecular weight excluding hydrogens is 1100 g/mol. The van der Waals surface area contributed by atoms with Crippen molar-refractivity contribution in [3.8, 4) is 5.75 Å². The van der Waals surface area contributed by atoms with Crippen LogP contribution in [0, 0.1) is 16.7 Å². The molecule has 2 saturated carbocycles. The Hall–Kier alpha value is -5.96. The summed E-state index contributed by atoms with van der Waals surface area (Å²) in [5.74, 6) is -6.08. The Morgan fingerprint density at radius 2 is 1.44 bits per heavy atom. The highest BCUT2D eigenvalue weighted by Gasteiger charge is 2.79. The van der Waals surface area contributed by atoms with Crippen LogP contribution in [0.5, 0.6) is 5.75 Å². The van der Waals surface area contributed by atoms with E-state index in [0.717, 1.165) is 19.4 Å². The van der Waals surface area contributed by atoms with Crippen LogP contribution in [0.25, 0.3) is 0 Å². The molecule has 3 aromatic carbocycles. The molecule has 0 radical (unpaired) electrons. The molecule has 1 amide bonds. The summed E-state index contributed by atoms with van der Waals surface area (Å²) in [5, 5.41) is 14.2. The highest BCUT2D eigenvalue weighted by Crippen LogP contribution is 2.65. The molecule has 80 heavy (non-hydrogen) atoms. The molecule has 1 unspecified atom stereocenters. The number of carbonyl (C=O) groups is 7. The number of aliphatic hydroxyl groups is 1. The fraction of sp³-hybridized carbons (Fsp3) is 0.534. The van der Waals surface area contributed by atoms with Crippen molar-refractivity contribution in [3.05, 3.63) is 113 Å². The molecule has 2 bridgehead atoms. The molecule has 8 rings (SSSR count). The number of benzene rings is 3. The number of Topliss-reactive ketones (excluding diaryl/α,β-unsaturated/α-hetero) is 1. The lowest BCUT2D eigenvalue weighted by atomic mass is 9.44. The molecule has 1 N–H and O–H groups in total. The average molecular weight is 1170 g/mol. The topological polar surface area (TPSA) is 235 Å². The van der Waals surface area contributed by atoms with E-state index >= 15 is 9.59 Å². The second kappa shape index (κ2) is 22.1. The molecule has 5 aliphatic rings. The lowest BCUT2D eigenvalue weighted by Gasteiger charge is -2.67. The monoisotopic (exact) mass is 1170 g/mol. The van der Waals surface area contributed by atoms with Crippen molar-refractivity contribution >= 4 is 76.7 Å². The first-order valence-electron chi connectivity index (χ1n) is 26.0. The van der Waals surface area contributed by atoms with Crippen LogP contribution in [-0.4, -0.2) is 128 Å². The Balaban J connectivity index is 1.28. The molecule has 22 heteroatoms. The molecule has 2 saturated heterocycles. The van der Waals surface area contributed by atoms with Gasteiger partial charge < -0.3 is 52.5 Å². The first-order chi connectivity index (χ1) is 37.2. The molecule has 432 valence electrons. The Labute approximate surface area is 478 Å². The van der Waals surface area contributed by atoms with E-state index in [0.29, 0.717) is 11.3 Å². The van der Waals surface area contributed by atoms with Gasteiger partial charge in [-0.1, -0.05) is 109 Å². The van der Waals surface area contributed by atoms with Gasteiger partial charge in [0.05, 0.1) is 23.5 Å². The molecule has 2 aliphatic heterocycles. The van der Waals surface area contributed by atoms with E-state index in [9.17, 15) is 29.1 Å². The van der Waals surface area contributed by atoms with Crippen molar-refractivity contribution in [1.29, 1.82) is 0 Å². The number of rotatable bonds is 12. The average Bonchev–Trinajstić information content (AvgIpc) is 3.82. The summed E-state index contributed by atoms with van der Waals surface area (Å²) in [6, 6.07) is 22.8. The van der Waals surface area contributed by atoms with E-state index < -0.39 is 147 Å². The van der Waals surface area contributed by atoms with Crippen molar-refractivity contribution in [2.24, 2.45) is 16.7 Å². The minimum atomic E-state index is -2.53. The minimum Gasteiger partial charge on any atom is -0.489 e. The smallest absolute Gasteiger partial charge is 0.489 e. The fourth-order valence-corrected chi connectivity index (χ4v) is 12.4. The largest absolute Gasteiger partial charge is 0.508 e. The van der Waals surface area contributed by atoms with Gasteiger partial charge in [0.1, 0.15) is 66.3 Å². The van der Waals surface area contributed by atoms with Gasteiger partial charge in [-0.05, 0) is 95.0 Å². The third-order valence-corrected chi connectivity index (χ3v) is 16.2. The van der Waals surface area contributed by atoms with Gasteiger partial charge in [0.2, 0.25) is 3.79 Å². The minimum absolute atomic E-state index is 0.00623. The van der Waals surface area contributed by atoms with Crippen LogP contribution in [0.4, 0.5) is 9.59 Å². The van der Waals surface area contributed by atoms with E-state index in [1.807, 2.05) is 30.3 Å². The summed E-state index contributed by atoms with van der Waals surface area (Å²) < 4.78 is 59.0. The summed E-state index contributed by atoms with van der Waals surface area (Å²) in [7, 11) is 0. The number of fused-ring (bicyclic) bond motifs is 5. The molecule has 19 nitrogen and oxygen atoms in total. The number of halogens is 3. The van der Waals surface area contributed by atoms with Gasteiger partial charge in [-0.15, -0.1) is 0 Å². The number of ether oxygens (including phenoxy) is 10. The summed E-state index contributed by atoms with van der Waals surface area (Å²) in [6.07, 6.45) is -13.1. The highest BCUT2D eigenvalue weighted by molar-refractivity contribution is 6.67. The maximum Gasteiger partial charge on any atom is 0.508 e. The van der Waals surface area contributed by atoms with Crippen molar-refractivity contribution in [3.63, 3.8) is 0 Å². The molecule has 2 heterocycles. The van der Waals surface area contributed by atoms with E-state index in [1.165, 1.54) is 30.9 Å². The third-order valence-electron chi connectivity index (χ3n) is 15.9. The summed E-state index contributed by atoms with van der Waals surface area (Å²) in [5.41, 5.74) is -9.61. The van der Waals surface area contributed by atoms with Gasteiger partial charge in [0.25, 0.3) is 0 Å². The quantitative estimate of drug-likeness (QED) is 0.0769. The number of carbonyl (C=O) groups excluding carboxylic acids is 7. The van der Waals surface area contributed by atoms with Crippen LogP contribution in [0.2, 0.25) is 0 Å². The molecule has 11 atom stereocenters. The van der Waals surface area contributed by atoms with Crippen LogP contribution in [-0.2, 0) is 68.4 Å². The molecular formula is C58H66Cl3NO18. The lowest BCUT2D eigenvalue weighted by Crippen LogP contribution is -2.82. The van der Waals surface area contributed by atoms with Crippen LogP contribution >= 0.6 is 34.8 Å². The first-order valence-corrected chi connectivity index (χ1v) is 27.2. The summed E-state index contributed by atoms with van der Waals surface area (Å²) in [4.78, 5) is 103. The molecule has 3 aliphatic carbocycles.